The van der Waals surface area contributed by atoms with E-state index in [2.05, 4.69) is 27.2 Å². The number of benzene rings is 1. The van der Waals surface area contributed by atoms with Gasteiger partial charge in [0.25, 0.3) is 0 Å². The van der Waals surface area contributed by atoms with E-state index in [-0.39, 0.29) is 0 Å². The Labute approximate surface area is 157 Å². The van der Waals surface area contributed by atoms with Crippen molar-refractivity contribution in [1.82, 2.24) is 15.1 Å². The fraction of sp³-hybridized carbons (Fsp3) is 0.450. The number of rotatable bonds is 3. The summed E-state index contributed by atoms with van der Waals surface area (Å²) in [6.07, 6.45) is 4.43. The van der Waals surface area contributed by atoms with Crippen LogP contribution in [0.1, 0.15) is 54.8 Å². The van der Waals surface area contributed by atoms with E-state index in [1.807, 2.05) is 19.1 Å². The molecule has 1 aliphatic carbocycles. The van der Waals surface area contributed by atoms with Gasteiger partial charge in [-0.05, 0) is 56.4 Å². The number of aryl methyl sites for hydroxylation is 1. The number of halogens is 1. The highest BCUT2D eigenvalue weighted by Crippen LogP contribution is 2.40. The van der Waals surface area contributed by atoms with Crippen molar-refractivity contribution in [2.24, 2.45) is 0 Å². The van der Waals surface area contributed by atoms with Gasteiger partial charge in [-0.25, -0.2) is 4.98 Å². The topological polar surface area (TPSA) is 55.1 Å². The molecule has 0 amide bonds. The van der Waals surface area contributed by atoms with E-state index in [0.29, 0.717) is 11.8 Å². The lowest BCUT2D eigenvalue weighted by atomic mass is 9.96. The van der Waals surface area contributed by atoms with Crippen molar-refractivity contribution in [2.45, 2.75) is 44.4 Å². The van der Waals surface area contributed by atoms with Crippen molar-refractivity contribution in [3.05, 3.63) is 46.6 Å². The van der Waals surface area contributed by atoms with Crippen LogP contribution in [0.15, 0.2) is 28.8 Å². The van der Waals surface area contributed by atoms with Crippen LogP contribution in [0.4, 0.5) is 5.82 Å². The Bertz CT molecular complexity index is 958. The molecule has 0 bridgehead atoms. The zero-order valence-corrected chi connectivity index (χ0v) is 15.5. The third-order valence-electron chi connectivity index (χ3n) is 5.60. The lowest BCUT2D eigenvalue weighted by Crippen LogP contribution is -2.33. The molecule has 0 atom stereocenters. The van der Waals surface area contributed by atoms with Gasteiger partial charge in [0.05, 0.1) is 5.52 Å². The van der Waals surface area contributed by atoms with Crippen LogP contribution >= 0.6 is 11.6 Å². The average Bonchev–Trinajstić information content (AvgIpc) is 3.42. The molecule has 0 radical (unpaired) electrons. The molecule has 1 saturated heterocycles. The molecule has 0 unspecified atom stereocenters. The number of hydrogen-bond donors (Lipinski definition) is 0. The van der Waals surface area contributed by atoms with Crippen molar-refractivity contribution in [3.8, 4) is 0 Å². The van der Waals surface area contributed by atoms with Crippen molar-refractivity contribution in [1.29, 1.82) is 0 Å². The highest BCUT2D eigenvalue weighted by molar-refractivity contribution is 6.32. The molecule has 134 valence electrons. The minimum Gasteiger partial charge on any atom is -0.357 e. The second kappa shape index (κ2) is 6.23. The van der Waals surface area contributed by atoms with E-state index in [9.17, 15) is 0 Å². The minimum absolute atomic E-state index is 0.388. The summed E-state index contributed by atoms with van der Waals surface area (Å²) in [6.45, 7) is 3.94. The van der Waals surface area contributed by atoms with E-state index in [1.165, 1.54) is 12.8 Å². The number of nitrogens with zero attached hydrogens (tertiary/aromatic N) is 4. The largest absolute Gasteiger partial charge is 0.357 e. The molecule has 1 aromatic carbocycles. The van der Waals surface area contributed by atoms with Gasteiger partial charge >= 0.3 is 0 Å². The fourth-order valence-electron chi connectivity index (χ4n) is 3.75. The van der Waals surface area contributed by atoms with E-state index < -0.39 is 0 Å². The maximum Gasteiger partial charge on any atom is 0.229 e. The molecule has 1 aliphatic heterocycles. The minimum atomic E-state index is 0.388. The lowest BCUT2D eigenvalue weighted by Gasteiger charge is -2.31. The summed E-state index contributed by atoms with van der Waals surface area (Å²) >= 11 is 6.26. The Kier molecular flexibility index (Phi) is 3.85. The Morgan fingerprint density at radius 1 is 1.00 bits per heavy atom. The van der Waals surface area contributed by atoms with Gasteiger partial charge in [0.15, 0.2) is 5.82 Å². The smallest absolute Gasteiger partial charge is 0.229 e. The zero-order valence-electron chi connectivity index (χ0n) is 14.8. The molecular weight excluding hydrogens is 348 g/mol. The van der Waals surface area contributed by atoms with Crippen molar-refractivity contribution in [2.75, 3.05) is 18.0 Å². The number of anilines is 1. The van der Waals surface area contributed by atoms with Gasteiger partial charge in [0.1, 0.15) is 5.82 Å². The summed E-state index contributed by atoms with van der Waals surface area (Å²) in [6, 6.07) is 8.21. The summed E-state index contributed by atoms with van der Waals surface area (Å²) in [5, 5.41) is 6.12. The van der Waals surface area contributed by atoms with E-state index in [1.54, 1.807) is 0 Å². The van der Waals surface area contributed by atoms with Crippen LogP contribution < -0.4 is 4.90 Å². The van der Waals surface area contributed by atoms with Gasteiger partial charge in [-0.15, -0.1) is 0 Å². The van der Waals surface area contributed by atoms with Crippen molar-refractivity contribution >= 4 is 28.3 Å². The molecule has 2 aromatic heterocycles. The summed E-state index contributed by atoms with van der Waals surface area (Å²) in [7, 11) is 0. The van der Waals surface area contributed by atoms with Crippen LogP contribution in [-0.4, -0.2) is 28.2 Å². The quantitative estimate of drug-likeness (QED) is 0.662. The number of pyridine rings is 1. The Morgan fingerprint density at radius 3 is 2.54 bits per heavy atom. The first-order chi connectivity index (χ1) is 12.7. The summed E-state index contributed by atoms with van der Waals surface area (Å²) in [5.74, 6) is 3.66. The Hall–Kier alpha value is -2.14. The van der Waals surface area contributed by atoms with Crippen LogP contribution in [0.2, 0.25) is 5.02 Å². The number of hydrogen-bond acceptors (Lipinski definition) is 5. The van der Waals surface area contributed by atoms with Gasteiger partial charge in [-0.1, -0.05) is 22.8 Å². The average molecular weight is 369 g/mol. The maximum atomic E-state index is 6.26. The van der Waals surface area contributed by atoms with Crippen LogP contribution in [0.5, 0.6) is 0 Å². The summed E-state index contributed by atoms with van der Waals surface area (Å²) in [5.41, 5.74) is 2.03. The first-order valence-electron chi connectivity index (χ1n) is 9.33. The maximum absolute atomic E-state index is 6.26. The number of fused-ring (bicyclic) bond motifs is 1. The number of piperidine rings is 1. The number of aromatic nitrogens is 3. The molecule has 3 aromatic rings. The van der Waals surface area contributed by atoms with Crippen LogP contribution in [-0.2, 0) is 0 Å². The zero-order chi connectivity index (χ0) is 17.7. The molecule has 2 fully saturated rings. The normalized spacial score (nSPS) is 18.6. The first kappa shape index (κ1) is 16.1. The summed E-state index contributed by atoms with van der Waals surface area (Å²) in [4.78, 5) is 11.9. The first-order valence-corrected chi connectivity index (χ1v) is 9.71. The molecule has 6 heteroatoms. The van der Waals surface area contributed by atoms with E-state index in [0.717, 1.165) is 65.0 Å². The van der Waals surface area contributed by atoms with Gasteiger partial charge in [-0.2, -0.15) is 4.98 Å². The second-order valence-corrected chi connectivity index (χ2v) is 7.85. The fourth-order valence-corrected chi connectivity index (χ4v) is 3.90. The van der Waals surface area contributed by atoms with Crippen LogP contribution in [0, 0.1) is 6.92 Å². The molecule has 5 rings (SSSR count). The van der Waals surface area contributed by atoms with E-state index in [4.69, 9.17) is 21.1 Å². The Balaban J connectivity index is 1.33. The van der Waals surface area contributed by atoms with Crippen LogP contribution in [0.3, 0.4) is 0 Å². The molecule has 0 spiro atoms. The third-order valence-corrected chi connectivity index (χ3v) is 6.01. The van der Waals surface area contributed by atoms with E-state index >= 15 is 0 Å². The molecule has 2 aliphatic rings. The molecule has 1 saturated carbocycles. The predicted molar refractivity (Wildman–Crippen MR) is 102 cm³/mol. The van der Waals surface area contributed by atoms with Gasteiger partial charge in [0, 0.05) is 35.3 Å². The third kappa shape index (κ3) is 2.84. The van der Waals surface area contributed by atoms with Gasteiger partial charge < -0.3 is 9.42 Å². The molecule has 0 N–H and O–H groups in total. The highest BCUT2D eigenvalue weighted by atomic mass is 35.5. The molecular formula is C20H21ClN4O. The standard InChI is InChI=1S/C20H21ClN4O/c1-12-16(21)6-4-13-5-7-17(22-18(12)13)25-10-8-14(9-11-25)19-23-20(26-24-19)15-2-3-15/h4-7,14-15H,2-3,8-11H2,1H3. The predicted octanol–water partition coefficient (Wildman–Crippen LogP) is 4.84. The highest BCUT2D eigenvalue weighted by Gasteiger charge is 2.32. The second-order valence-electron chi connectivity index (χ2n) is 7.44. The van der Waals surface area contributed by atoms with Gasteiger partial charge in [0.2, 0.25) is 5.89 Å². The van der Waals surface area contributed by atoms with Crippen molar-refractivity contribution < 1.29 is 4.52 Å². The van der Waals surface area contributed by atoms with Crippen LogP contribution in [0.25, 0.3) is 10.9 Å². The SMILES string of the molecule is Cc1c(Cl)ccc2ccc(N3CCC(c4noc(C5CC5)n4)CC3)nc12. The molecule has 26 heavy (non-hydrogen) atoms. The lowest BCUT2D eigenvalue weighted by molar-refractivity contribution is 0.364. The molecule has 5 nitrogen and oxygen atoms in total. The van der Waals surface area contributed by atoms with Gasteiger partial charge in [-0.3, -0.25) is 0 Å². The molecule has 3 heterocycles. The monoisotopic (exact) mass is 368 g/mol. The van der Waals surface area contributed by atoms with Crippen molar-refractivity contribution in [3.63, 3.8) is 0 Å². The summed E-state index contributed by atoms with van der Waals surface area (Å²) < 4.78 is 5.43. The Morgan fingerprint density at radius 2 is 1.77 bits per heavy atom.